The van der Waals surface area contributed by atoms with Crippen LogP contribution < -0.4 is 9.57 Å². The number of nitrogens with one attached hydrogen (secondary N) is 1. The van der Waals surface area contributed by atoms with Gasteiger partial charge in [0.25, 0.3) is 10.0 Å². The maximum atomic E-state index is 12.2. The molecule has 0 fully saturated rings. The van der Waals surface area contributed by atoms with Crippen molar-refractivity contribution in [1.82, 2.24) is 4.83 Å². The van der Waals surface area contributed by atoms with Gasteiger partial charge in [0.2, 0.25) is 0 Å². The van der Waals surface area contributed by atoms with Crippen molar-refractivity contribution in [2.45, 2.75) is 25.7 Å². The van der Waals surface area contributed by atoms with Crippen LogP contribution in [0.5, 0.6) is 5.75 Å². The zero-order chi connectivity index (χ0) is 18.4. The van der Waals surface area contributed by atoms with Crippen LogP contribution in [0.3, 0.4) is 0 Å². The van der Waals surface area contributed by atoms with Gasteiger partial charge in [-0.1, -0.05) is 29.8 Å². The summed E-state index contributed by atoms with van der Waals surface area (Å²) in [6.45, 7) is 5.58. The van der Waals surface area contributed by atoms with Gasteiger partial charge < -0.3 is 4.74 Å². The molecule has 0 aliphatic heterocycles. The molecule has 0 aliphatic carbocycles. The largest absolute Gasteiger partial charge is 0.497 e. The van der Waals surface area contributed by atoms with E-state index in [9.17, 15) is 8.42 Å². The number of hydrogen-bond acceptors (Lipinski definition) is 4. The number of methoxy groups -OCH3 is 1. The third-order valence-electron chi connectivity index (χ3n) is 3.64. The van der Waals surface area contributed by atoms with Crippen LogP contribution in [0.15, 0.2) is 64.6 Å². The van der Waals surface area contributed by atoms with E-state index in [2.05, 4.69) is 9.93 Å². The highest BCUT2D eigenvalue weighted by molar-refractivity contribution is 7.89. The van der Waals surface area contributed by atoms with E-state index >= 15 is 0 Å². The van der Waals surface area contributed by atoms with E-state index in [0.717, 1.165) is 22.4 Å². The monoisotopic (exact) mass is 358 g/mol. The normalized spacial score (nSPS) is 12.8. The minimum atomic E-state index is -3.66. The van der Waals surface area contributed by atoms with E-state index in [1.807, 2.05) is 44.2 Å². The molecule has 25 heavy (non-hydrogen) atoms. The van der Waals surface area contributed by atoms with Crippen molar-refractivity contribution in [2.24, 2.45) is 5.10 Å². The van der Waals surface area contributed by atoms with Crippen LogP contribution in [0.2, 0.25) is 0 Å². The minimum Gasteiger partial charge on any atom is -0.497 e. The van der Waals surface area contributed by atoms with Crippen molar-refractivity contribution in [3.8, 4) is 5.75 Å². The fourth-order valence-corrected chi connectivity index (χ4v) is 3.05. The van der Waals surface area contributed by atoms with Gasteiger partial charge in [0, 0.05) is 0 Å². The summed E-state index contributed by atoms with van der Waals surface area (Å²) in [6.07, 6.45) is 1.82. The van der Waals surface area contributed by atoms with Crippen molar-refractivity contribution in [3.63, 3.8) is 0 Å². The molecule has 2 aromatic carbocycles. The summed E-state index contributed by atoms with van der Waals surface area (Å²) in [4.78, 5) is 2.45. The number of nitrogens with zero attached hydrogens (tertiary/aromatic N) is 1. The molecule has 132 valence electrons. The van der Waals surface area contributed by atoms with Crippen molar-refractivity contribution in [3.05, 3.63) is 65.7 Å². The van der Waals surface area contributed by atoms with Crippen LogP contribution in [0.4, 0.5) is 0 Å². The Labute approximate surface area is 149 Å². The zero-order valence-electron chi connectivity index (χ0n) is 14.8. The number of hydrazone groups is 1. The topological polar surface area (TPSA) is 67.8 Å². The molecule has 6 heteroatoms. The predicted molar refractivity (Wildman–Crippen MR) is 101 cm³/mol. The first-order chi connectivity index (χ1) is 11.8. The molecular weight excluding hydrogens is 336 g/mol. The number of ether oxygens (including phenoxy) is 1. The van der Waals surface area contributed by atoms with E-state index in [1.54, 1.807) is 38.3 Å². The van der Waals surface area contributed by atoms with Gasteiger partial charge in [-0.3, -0.25) is 0 Å². The standard InChI is InChI=1S/C19H22N2O3S/c1-14-5-11-19(12-6-14)25(22,23)21-20-16(3)13-15(2)17-7-9-18(24-4)10-8-17/h5-13,21H,1-4H3/b15-13+,20-16?. The lowest BCUT2D eigenvalue weighted by molar-refractivity contribution is 0.415. The molecule has 0 bridgehead atoms. The Bertz CT molecular complexity index is 881. The lowest BCUT2D eigenvalue weighted by atomic mass is 10.1. The van der Waals surface area contributed by atoms with Crippen LogP contribution in [-0.4, -0.2) is 21.2 Å². The van der Waals surface area contributed by atoms with Gasteiger partial charge in [-0.15, -0.1) is 0 Å². The average Bonchev–Trinajstić information content (AvgIpc) is 2.60. The molecule has 0 saturated heterocycles. The number of aryl methyl sites for hydroxylation is 1. The minimum absolute atomic E-state index is 0.186. The van der Waals surface area contributed by atoms with Gasteiger partial charge in [0.15, 0.2) is 0 Å². The number of benzene rings is 2. The predicted octanol–water partition coefficient (Wildman–Crippen LogP) is 3.76. The van der Waals surface area contributed by atoms with Gasteiger partial charge in [0.1, 0.15) is 5.75 Å². The SMILES string of the molecule is COc1ccc(/C(C)=C/C(C)=NNS(=O)(=O)c2ccc(C)cc2)cc1. The lowest BCUT2D eigenvalue weighted by Gasteiger charge is -2.06. The summed E-state index contributed by atoms with van der Waals surface area (Å²) in [5.74, 6) is 0.785. The summed E-state index contributed by atoms with van der Waals surface area (Å²) in [5.41, 5.74) is 3.54. The first-order valence-corrected chi connectivity index (χ1v) is 9.25. The molecule has 0 amide bonds. The number of hydrogen-bond donors (Lipinski definition) is 1. The summed E-state index contributed by atoms with van der Waals surface area (Å²) in [5, 5.41) is 3.97. The summed E-state index contributed by atoms with van der Waals surface area (Å²) >= 11 is 0. The van der Waals surface area contributed by atoms with Gasteiger partial charge in [0.05, 0.1) is 17.7 Å². The smallest absolute Gasteiger partial charge is 0.276 e. The van der Waals surface area contributed by atoms with Crippen LogP contribution in [0.25, 0.3) is 5.57 Å². The molecule has 2 aromatic rings. The second-order valence-corrected chi connectivity index (χ2v) is 7.38. The molecule has 0 atom stereocenters. The quantitative estimate of drug-likeness (QED) is 0.631. The highest BCUT2D eigenvalue weighted by Crippen LogP contribution is 2.18. The maximum absolute atomic E-state index is 12.2. The highest BCUT2D eigenvalue weighted by atomic mass is 32.2. The van der Waals surface area contributed by atoms with Crippen molar-refractivity contribution >= 4 is 21.3 Å². The van der Waals surface area contributed by atoms with Crippen LogP contribution in [0.1, 0.15) is 25.0 Å². The molecule has 0 saturated carbocycles. The van der Waals surface area contributed by atoms with Gasteiger partial charge in [-0.2, -0.15) is 18.4 Å². The summed E-state index contributed by atoms with van der Waals surface area (Å²) in [6, 6.07) is 14.2. The summed E-state index contributed by atoms with van der Waals surface area (Å²) in [7, 11) is -2.05. The van der Waals surface area contributed by atoms with Crippen molar-refractivity contribution in [2.75, 3.05) is 7.11 Å². The maximum Gasteiger partial charge on any atom is 0.276 e. The van der Waals surface area contributed by atoms with Crippen LogP contribution in [-0.2, 0) is 10.0 Å². The third kappa shape index (κ3) is 5.19. The fraction of sp³-hybridized carbons (Fsp3) is 0.211. The van der Waals surface area contributed by atoms with Crippen LogP contribution in [0, 0.1) is 6.92 Å². The van der Waals surface area contributed by atoms with Crippen molar-refractivity contribution < 1.29 is 13.2 Å². The molecule has 0 unspecified atom stereocenters. The average molecular weight is 358 g/mol. The zero-order valence-corrected chi connectivity index (χ0v) is 15.6. The van der Waals surface area contributed by atoms with Gasteiger partial charge in [-0.25, -0.2) is 0 Å². The first-order valence-electron chi connectivity index (χ1n) is 7.77. The Hall–Kier alpha value is -2.60. The Morgan fingerprint density at radius 2 is 1.64 bits per heavy atom. The fourth-order valence-electron chi connectivity index (χ4n) is 2.19. The van der Waals surface area contributed by atoms with E-state index < -0.39 is 10.0 Å². The highest BCUT2D eigenvalue weighted by Gasteiger charge is 2.12. The molecular formula is C19H22N2O3S. The number of rotatable bonds is 6. The van der Waals surface area contributed by atoms with Crippen LogP contribution >= 0.6 is 0 Å². The Morgan fingerprint density at radius 3 is 2.20 bits per heavy atom. The third-order valence-corrected chi connectivity index (χ3v) is 4.87. The molecule has 0 spiro atoms. The Balaban J connectivity index is 2.13. The Kier molecular flexibility index (Phi) is 5.98. The molecule has 5 nitrogen and oxygen atoms in total. The molecule has 0 aromatic heterocycles. The van der Waals surface area contributed by atoms with E-state index in [-0.39, 0.29) is 4.90 Å². The molecule has 0 heterocycles. The van der Waals surface area contributed by atoms with E-state index in [4.69, 9.17) is 4.74 Å². The van der Waals surface area contributed by atoms with E-state index in [1.165, 1.54) is 0 Å². The molecule has 0 radical (unpaired) electrons. The molecule has 2 rings (SSSR count). The first kappa shape index (κ1) is 18.7. The van der Waals surface area contributed by atoms with Gasteiger partial charge in [-0.05, 0) is 62.2 Å². The van der Waals surface area contributed by atoms with E-state index in [0.29, 0.717) is 5.71 Å². The Morgan fingerprint density at radius 1 is 1.04 bits per heavy atom. The second-order valence-electron chi connectivity index (χ2n) is 5.72. The lowest BCUT2D eigenvalue weighted by Crippen LogP contribution is -2.19. The molecule has 1 N–H and O–H groups in total. The summed E-state index contributed by atoms with van der Waals surface area (Å²) < 4.78 is 29.6. The van der Waals surface area contributed by atoms with Crippen molar-refractivity contribution in [1.29, 1.82) is 0 Å². The number of allylic oxidation sites excluding steroid dienone is 2. The molecule has 0 aliphatic rings. The second kappa shape index (κ2) is 7.98. The number of sulfonamides is 1. The van der Waals surface area contributed by atoms with Gasteiger partial charge >= 0.3 is 0 Å².